The summed E-state index contributed by atoms with van der Waals surface area (Å²) in [4.78, 5) is 11.9. The lowest BCUT2D eigenvalue weighted by Crippen LogP contribution is -2.23. The Kier molecular flexibility index (Phi) is 4.02. The molecule has 0 unspecified atom stereocenters. The standard InChI is InChI=1S/C14H12ClFN2O/c15-11-6-5-9(7-13(11)17)14(19)18-8-10-3-1-2-4-12(10)16/h1-7H,8,17H2,(H,18,19). The molecule has 0 aliphatic carbocycles. The quantitative estimate of drug-likeness (QED) is 0.848. The highest BCUT2D eigenvalue weighted by atomic mass is 35.5. The lowest BCUT2D eigenvalue weighted by Gasteiger charge is -2.07. The summed E-state index contributed by atoms with van der Waals surface area (Å²) in [6.45, 7) is 0.119. The van der Waals surface area contributed by atoms with Crippen LogP contribution in [0.3, 0.4) is 0 Å². The number of hydrogen-bond donors (Lipinski definition) is 2. The lowest BCUT2D eigenvalue weighted by molar-refractivity contribution is 0.0950. The van der Waals surface area contributed by atoms with Crippen molar-refractivity contribution < 1.29 is 9.18 Å². The van der Waals surface area contributed by atoms with Gasteiger partial charge in [-0.05, 0) is 24.3 Å². The van der Waals surface area contributed by atoms with Gasteiger partial charge in [-0.3, -0.25) is 4.79 Å². The largest absolute Gasteiger partial charge is 0.398 e. The molecule has 2 rings (SSSR count). The van der Waals surface area contributed by atoms with Crippen LogP contribution in [0.25, 0.3) is 0 Å². The molecule has 0 fully saturated rings. The Morgan fingerprint density at radius 1 is 1.26 bits per heavy atom. The molecule has 98 valence electrons. The van der Waals surface area contributed by atoms with Crippen LogP contribution in [-0.2, 0) is 6.54 Å². The molecular weight excluding hydrogens is 267 g/mol. The van der Waals surface area contributed by atoms with Gasteiger partial charge in [-0.1, -0.05) is 29.8 Å². The van der Waals surface area contributed by atoms with Gasteiger partial charge in [0, 0.05) is 17.7 Å². The van der Waals surface area contributed by atoms with Crippen LogP contribution in [0.2, 0.25) is 5.02 Å². The molecule has 2 aromatic rings. The first-order valence-electron chi connectivity index (χ1n) is 5.64. The first kappa shape index (κ1) is 13.4. The molecular formula is C14H12ClFN2O. The summed E-state index contributed by atoms with van der Waals surface area (Å²) < 4.78 is 13.4. The van der Waals surface area contributed by atoms with Crippen LogP contribution in [0.1, 0.15) is 15.9 Å². The third kappa shape index (κ3) is 3.23. The van der Waals surface area contributed by atoms with Crippen molar-refractivity contribution in [2.75, 3.05) is 5.73 Å². The average molecular weight is 279 g/mol. The second-order valence-corrected chi connectivity index (χ2v) is 4.42. The van der Waals surface area contributed by atoms with Gasteiger partial charge in [-0.25, -0.2) is 4.39 Å². The molecule has 3 nitrogen and oxygen atoms in total. The van der Waals surface area contributed by atoms with Crippen LogP contribution in [-0.4, -0.2) is 5.91 Å². The molecule has 0 saturated carbocycles. The maximum Gasteiger partial charge on any atom is 0.251 e. The van der Waals surface area contributed by atoms with Crippen molar-refractivity contribution in [1.82, 2.24) is 5.32 Å². The van der Waals surface area contributed by atoms with Crippen molar-refractivity contribution in [3.63, 3.8) is 0 Å². The van der Waals surface area contributed by atoms with Crippen LogP contribution in [0.5, 0.6) is 0 Å². The highest BCUT2D eigenvalue weighted by Crippen LogP contribution is 2.19. The molecule has 5 heteroatoms. The molecule has 0 heterocycles. The number of nitrogens with two attached hydrogens (primary N) is 1. The zero-order chi connectivity index (χ0) is 13.8. The predicted octanol–water partition coefficient (Wildman–Crippen LogP) is 2.99. The van der Waals surface area contributed by atoms with Gasteiger partial charge < -0.3 is 11.1 Å². The smallest absolute Gasteiger partial charge is 0.251 e. The second kappa shape index (κ2) is 5.71. The SMILES string of the molecule is Nc1cc(C(=O)NCc2ccccc2F)ccc1Cl. The minimum atomic E-state index is -0.349. The Labute approximate surface area is 115 Å². The van der Waals surface area contributed by atoms with E-state index in [1.54, 1.807) is 30.3 Å². The van der Waals surface area contributed by atoms with E-state index < -0.39 is 0 Å². The molecule has 0 radical (unpaired) electrons. The van der Waals surface area contributed by atoms with Gasteiger partial charge >= 0.3 is 0 Å². The fourth-order valence-electron chi connectivity index (χ4n) is 1.60. The molecule has 0 aromatic heterocycles. The number of anilines is 1. The minimum Gasteiger partial charge on any atom is -0.398 e. The molecule has 0 saturated heterocycles. The van der Waals surface area contributed by atoms with Crippen LogP contribution >= 0.6 is 11.6 Å². The summed E-state index contributed by atoms with van der Waals surface area (Å²) in [7, 11) is 0. The summed E-state index contributed by atoms with van der Waals surface area (Å²) in [5.41, 5.74) is 6.77. The van der Waals surface area contributed by atoms with Crippen LogP contribution in [0, 0.1) is 5.82 Å². The topological polar surface area (TPSA) is 55.1 Å². The van der Waals surface area contributed by atoms with E-state index in [1.807, 2.05) is 0 Å². The summed E-state index contributed by atoms with van der Waals surface area (Å²) in [5, 5.41) is 3.02. The van der Waals surface area contributed by atoms with Gasteiger partial charge in [0.2, 0.25) is 0 Å². The fourth-order valence-corrected chi connectivity index (χ4v) is 1.72. The van der Waals surface area contributed by atoms with E-state index in [1.165, 1.54) is 12.1 Å². The maximum atomic E-state index is 13.4. The lowest BCUT2D eigenvalue weighted by atomic mass is 10.1. The first-order valence-corrected chi connectivity index (χ1v) is 6.02. The second-order valence-electron chi connectivity index (χ2n) is 4.01. The highest BCUT2D eigenvalue weighted by Gasteiger charge is 2.08. The Balaban J connectivity index is 2.05. The van der Waals surface area contributed by atoms with E-state index >= 15 is 0 Å². The van der Waals surface area contributed by atoms with Gasteiger partial charge in [0.05, 0.1) is 10.7 Å². The molecule has 2 aromatic carbocycles. The van der Waals surface area contributed by atoms with E-state index in [2.05, 4.69) is 5.32 Å². The molecule has 3 N–H and O–H groups in total. The number of carbonyl (C=O) groups is 1. The summed E-state index contributed by atoms with van der Waals surface area (Å²) in [6.07, 6.45) is 0. The summed E-state index contributed by atoms with van der Waals surface area (Å²) in [5.74, 6) is -0.676. The van der Waals surface area contributed by atoms with E-state index in [-0.39, 0.29) is 18.3 Å². The van der Waals surface area contributed by atoms with Crippen molar-refractivity contribution in [2.45, 2.75) is 6.54 Å². The normalized spacial score (nSPS) is 10.2. The Morgan fingerprint density at radius 3 is 2.68 bits per heavy atom. The third-order valence-corrected chi connectivity index (χ3v) is 3.00. The molecule has 0 aliphatic heterocycles. The van der Waals surface area contributed by atoms with Gasteiger partial charge in [0.15, 0.2) is 0 Å². The van der Waals surface area contributed by atoms with Crippen LogP contribution in [0.15, 0.2) is 42.5 Å². The van der Waals surface area contributed by atoms with Gasteiger partial charge in [0.25, 0.3) is 5.91 Å². The number of carbonyl (C=O) groups excluding carboxylic acids is 1. The summed E-state index contributed by atoms with van der Waals surface area (Å²) >= 11 is 5.77. The van der Waals surface area contributed by atoms with Crippen molar-refractivity contribution in [3.05, 3.63) is 64.4 Å². The zero-order valence-electron chi connectivity index (χ0n) is 9.99. The van der Waals surface area contributed by atoms with E-state index in [0.717, 1.165) is 0 Å². The Morgan fingerprint density at radius 2 is 2.00 bits per heavy atom. The molecule has 19 heavy (non-hydrogen) atoms. The summed E-state index contributed by atoms with van der Waals surface area (Å²) in [6, 6.07) is 10.9. The molecule has 0 atom stereocenters. The zero-order valence-corrected chi connectivity index (χ0v) is 10.7. The van der Waals surface area contributed by atoms with Crippen LogP contribution < -0.4 is 11.1 Å². The van der Waals surface area contributed by atoms with E-state index in [4.69, 9.17) is 17.3 Å². The average Bonchev–Trinajstić information content (AvgIpc) is 2.40. The molecule has 1 amide bonds. The minimum absolute atomic E-state index is 0.119. The number of rotatable bonds is 3. The first-order chi connectivity index (χ1) is 9.08. The van der Waals surface area contributed by atoms with Crippen molar-refractivity contribution in [1.29, 1.82) is 0 Å². The molecule has 0 aliphatic rings. The van der Waals surface area contributed by atoms with Crippen molar-refractivity contribution in [3.8, 4) is 0 Å². The van der Waals surface area contributed by atoms with E-state index in [0.29, 0.717) is 21.8 Å². The highest BCUT2D eigenvalue weighted by molar-refractivity contribution is 6.33. The number of hydrogen-bond acceptors (Lipinski definition) is 2. The Bertz CT molecular complexity index is 616. The van der Waals surface area contributed by atoms with Gasteiger partial charge in [-0.15, -0.1) is 0 Å². The molecule has 0 spiro atoms. The maximum absolute atomic E-state index is 13.4. The van der Waals surface area contributed by atoms with Crippen LogP contribution in [0.4, 0.5) is 10.1 Å². The molecule has 0 bridgehead atoms. The fraction of sp³-hybridized carbons (Fsp3) is 0.0714. The number of halogens is 2. The number of nitrogens with one attached hydrogen (secondary N) is 1. The van der Waals surface area contributed by atoms with Crippen molar-refractivity contribution >= 4 is 23.2 Å². The number of nitrogen functional groups attached to an aromatic ring is 1. The van der Waals surface area contributed by atoms with Gasteiger partial charge in [-0.2, -0.15) is 0 Å². The third-order valence-electron chi connectivity index (χ3n) is 2.66. The van der Waals surface area contributed by atoms with Crippen molar-refractivity contribution in [2.24, 2.45) is 0 Å². The van der Waals surface area contributed by atoms with E-state index in [9.17, 15) is 9.18 Å². The predicted molar refractivity (Wildman–Crippen MR) is 73.4 cm³/mol. The van der Waals surface area contributed by atoms with Gasteiger partial charge in [0.1, 0.15) is 5.82 Å². The number of benzene rings is 2. The Hall–Kier alpha value is -2.07. The number of amides is 1. The monoisotopic (exact) mass is 278 g/mol.